The Balaban J connectivity index is 0.000000460. The Kier molecular flexibility index (Phi) is 12.0. The number of hydrogen-bond acceptors (Lipinski definition) is 1. The minimum absolute atomic E-state index is 0.304. The molecule has 0 saturated carbocycles. The monoisotopic (exact) mass is 584 g/mol. The third-order valence-corrected chi connectivity index (χ3v) is 7.78. The number of halogens is 9. The Morgan fingerprint density at radius 3 is 1.27 bits per heavy atom. The lowest BCUT2D eigenvalue weighted by atomic mass is 10.1. The molecule has 0 radical (unpaired) electrons. The van der Waals surface area contributed by atoms with Crippen molar-refractivity contribution < 1.29 is 39.3 Å². The van der Waals surface area contributed by atoms with Crippen LogP contribution < -0.4 is 4.74 Å². The highest BCUT2D eigenvalue weighted by molar-refractivity contribution is 9.10. The van der Waals surface area contributed by atoms with Crippen molar-refractivity contribution in [2.45, 2.75) is 23.0 Å². The SMILES string of the molecule is COc1c2cc(Br)cc1C[S+](C)Cc1ccc(cc1)C[S+](C)C2.F[B-](F)(F)F.F[B-](F)(F)F. The van der Waals surface area contributed by atoms with Crippen LogP contribution >= 0.6 is 15.9 Å². The van der Waals surface area contributed by atoms with Gasteiger partial charge in [0.05, 0.1) is 19.6 Å². The summed E-state index contributed by atoms with van der Waals surface area (Å²) in [6, 6.07) is 13.7. The van der Waals surface area contributed by atoms with E-state index in [2.05, 4.69) is 64.8 Å². The average Bonchev–Trinajstić information content (AvgIpc) is 2.60. The maximum absolute atomic E-state index is 9.75. The summed E-state index contributed by atoms with van der Waals surface area (Å²) in [5.74, 6) is 5.55. The van der Waals surface area contributed by atoms with Gasteiger partial charge in [-0.25, -0.2) is 0 Å². The molecule has 2 aromatic carbocycles. The van der Waals surface area contributed by atoms with Gasteiger partial charge in [-0.3, -0.25) is 0 Å². The summed E-state index contributed by atoms with van der Waals surface area (Å²) in [4.78, 5) is 0. The highest BCUT2D eigenvalue weighted by atomic mass is 79.9. The van der Waals surface area contributed by atoms with Crippen LogP contribution in [0.5, 0.6) is 5.75 Å². The number of rotatable bonds is 1. The first-order valence-electron chi connectivity index (χ1n) is 9.41. The number of benzene rings is 2. The molecule has 0 aliphatic carbocycles. The van der Waals surface area contributed by atoms with Crippen LogP contribution in [0.15, 0.2) is 40.9 Å². The van der Waals surface area contributed by atoms with Gasteiger partial charge in [0.15, 0.2) is 0 Å². The molecule has 0 saturated heterocycles. The highest BCUT2D eigenvalue weighted by Gasteiger charge is 2.24. The first kappa shape index (κ1) is 30.0. The molecular weight excluding hydrogens is 562 g/mol. The summed E-state index contributed by atoms with van der Waals surface area (Å²) in [6.45, 7) is 0. The predicted octanol–water partition coefficient (Wildman–Crippen LogP) is 7.27. The Bertz CT molecular complexity index is 804. The fourth-order valence-electron chi connectivity index (χ4n) is 3.12. The molecule has 0 spiro atoms. The van der Waals surface area contributed by atoms with E-state index in [1.165, 1.54) is 26.7 Å². The van der Waals surface area contributed by atoms with Gasteiger partial charge in [0.25, 0.3) is 0 Å². The molecule has 2 aliphatic rings. The van der Waals surface area contributed by atoms with Crippen molar-refractivity contribution in [3.05, 3.63) is 63.1 Å². The molecule has 2 aliphatic heterocycles. The maximum Gasteiger partial charge on any atom is 0.673 e. The van der Waals surface area contributed by atoms with Crippen molar-refractivity contribution in [1.82, 2.24) is 0 Å². The van der Waals surface area contributed by atoms with Crippen molar-refractivity contribution in [3.63, 3.8) is 0 Å². The Hall–Kier alpha value is -1.01. The minimum atomic E-state index is -6.00. The molecule has 2 atom stereocenters. The zero-order valence-electron chi connectivity index (χ0n) is 18.1. The second kappa shape index (κ2) is 13.2. The maximum atomic E-state index is 9.75. The molecule has 0 N–H and O–H groups in total. The lowest BCUT2D eigenvalue weighted by Crippen LogP contribution is -2.10. The first-order valence-corrected chi connectivity index (χ1v) is 14.1. The van der Waals surface area contributed by atoms with Gasteiger partial charge in [-0.1, -0.05) is 40.2 Å². The van der Waals surface area contributed by atoms with E-state index >= 15 is 0 Å². The topological polar surface area (TPSA) is 9.23 Å². The molecule has 0 aromatic heterocycles. The second-order valence-corrected chi connectivity index (χ2v) is 12.4. The van der Waals surface area contributed by atoms with Gasteiger partial charge >= 0.3 is 14.5 Å². The first-order chi connectivity index (χ1) is 15.0. The molecule has 33 heavy (non-hydrogen) atoms. The molecule has 4 rings (SSSR count). The van der Waals surface area contributed by atoms with Crippen molar-refractivity contribution in [1.29, 1.82) is 0 Å². The van der Waals surface area contributed by atoms with Crippen molar-refractivity contribution in [3.8, 4) is 5.75 Å². The van der Waals surface area contributed by atoms with Gasteiger partial charge in [0.1, 0.15) is 28.8 Å². The van der Waals surface area contributed by atoms with Gasteiger partial charge in [0.2, 0.25) is 0 Å². The van der Waals surface area contributed by atoms with E-state index in [4.69, 9.17) is 4.74 Å². The van der Waals surface area contributed by atoms with Gasteiger partial charge in [-0.15, -0.1) is 0 Å². The molecule has 2 heterocycles. The number of hydrogen-bond donors (Lipinski definition) is 0. The molecule has 0 fully saturated rings. The van der Waals surface area contributed by atoms with Crippen molar-refractivity contribution >= 4 is 52.2 Å². The van der Waals surface area contributed by atoms with Crippen LogP contribution in [0.25, 0.3) is 0 Å². The molecule has 14 heteroatoms. The lowest BCUT2D eigenvalue weighted by molar-refractivity contribution is 0.366. The molecule has 186 valence electrons. The van der Waals surface area contributed by atoms with Gasteiger partial charge in [-0.2, -0.15) is 0 Å². The highest BCUT2D eigenvalue weighted by Crippen LogP contribution is 2.33. The summed E-state index contributed by atoms with van der Waals surface area (Å²) in [5.41, 5.74) is 5.58. The van der Waals surface area contributed by atoms with Crippen LogP contribution in [-0.4, -0.2) is 34.1 Å². The minimum Gasteiger partial charge on any atom is -0.496 e. The molecule has 4 bridgehead atoms. The van der Waals surface area contributed by atoms with Crippen molar-refractivity contribution in [2.75, 3.05) is 19.6 Å². The van der Waals surface area contributed by atoms with Crippen molar-refractivity contribution in [2.24, 2.45) is 0 Å². The van der Waals surface area contributed by atoms with Crippen LogP contribution in [0.3, 0.4) is 0 Å². The third-order valence-electron chi connectivity index (χ3n) is 4.06. The fraction of sp³-hybridized carbons (Fsp3) is 0.368. The molecule has 0 amide bonds. The standard InChI is InChI=1S/C19H23BrOS2.2BF4/c1-21-19-16-8-18(20)9-17(19)13-23(3)11-15-6-4-14(5-7-15)10-22(2)12-16;2*2-1(3,4)5/h4-9H,10-13H2,1-3H3;;/q+2;2*-1. The average molecular weight is 585 g/mol. The van der Waals surface area contributed by atoms with E-state index in [0.29, 0.717) is 21.8 Å². The van der Waals surface area contributed by atoms with E-state index in [-0.39, 0.29) is 0 Å². The van der Waals surface area contributed by atoms with Gasteiger partial charge in [-0.05, 0) is 33.9 Å². The summed E-state index contributed by atoms with van der Waals surface area (Å²) < 4.78 is 85.0. The molecule has 2 unspecified atom stereocenters. The number of methoxy groups -OCH3 is 1. The molecule has 2 aromatic rings. The van der Waals surface area contributed by atoms with E-state index in [0.717, 1.165) is 28.8 Å². The van der Waals surface area contributed by atoms with Crippen LogP contribution in [0, 0.1) is 0 Å². The van der Waals surface area contributed by atoms with Crippen LogP contribution in [0.2, 0.25) is 0 Å². The Morgan fingerprint density at radius 1 is 0.697 bits per heavy atom. The summed E-state index contributed by atoms with van der Waals surface area (Å²) in [6.07, 6.45) is 4.72. The van der Waals surface area contributed by atoms with Crippen LogP contribution in [0.1, 0.15) is 22.3 Å². The van der Waals surface area contributed by atoms with Crippen LogP contribution in [0.4, 0.5) is 34.5 Å². The van der Waals surface area contributed by atoms with Gasteiger partial charge in [0, 0.05) is 26.7 Å². The molecular formula is C19H23B2BrF8OS2. The predicted molar refractivity (Wildman–Crippen MR) is 129 cm³/mol. The van der Waals surface area contributed by atoms with Crippen LogP contribution in [-0.2, 0) is 44.8 Å². The summed E-state index contributed by atoms with van der Waals surface area (Å²) in [5, 5.41) is 0. The molecule has 1 nitrogen and oxygen atoms in total. The summed E-state index contributed by atoms with van der Waals surface area (Å²) >= 11 is 3.70. The Morgan fingerprint density at radius 2 is 1.00 bits per heavy atom. The van der Waals surface area contributed by atoms with E-state index in [9.17, 15) is 34.5 Å². The van der Waals surface area contributed by atoms with E-state index in [1.54, 1.807) is 0 Å². The zero-order chi connectivity index (χ0) is 25.4. The normalized spacial score (nSPS) is 18.4. The second-order valence-electron chi connectivity index (χ2n) is 7.20. The van der Waals surface area contributed by atoms with E-state index < -0.39 is 14.5 Å². The number of ether oxygens (including phenoxy) is 1. The largest absolute Gasteiger partial charge is 0.673 e. The Labute approximate surface area is 202 Å². The van der Waals surface area contributed by atoms with E-state index in [1.807, 2.05) is 7.11 Å². The fourth-order valence-corrected chi connectivity index (χ4v) is 6.89. The third kappa shape index (κ3) is 14.1. The quantitative estimate of drug-likeness (QED) is 0.195. The smallest absolute Gasteiger partial charge is 0.496 e. The number of fused-ring (bicyclic) bond motifs is 6. The summed E-state index contributed by atoms with van der Waals surface area (Å²) in [7, 11) is -9.58. The lowest BCUT2D eigenvalue weighted by Gasteiger charge is -2.14. The zero-order valence-corrected chi connectivity index (χ0v) is 21.3. The van der Waals surface area contributed by atoms with Gasteiger partial charge < -0.3 is 39.3 Å².